The SMILES string of the molecule is [B]OC(=O)C(=C)O/N=C(/C(=O)N[C@@H]1C(=O)N2C(C(=O)O[B])=C(CCl)CS[C@H]12)c1csc(C)n1. The van der Waals surface area contributed by atoms with Gasteiger partial charge in [0, 0.05) is 17.0 Å². The zero-order valence-corrected chi connectivity index (χ0v) is 19.3. The molecule has 0 unspecified atom stereocenters. The zero-order valence-electron chi connectivity index (χ0n) is 16.9. The average molecular weight is 507 g/mol. The van der Waals surface area contributed by atoms with Crippen LogP contribution in [0.2, 0.25) is 0 Å². The van der Waals surface area contributed by atoms with Crippen LogP contribution in [0.15, 0.2) is 34.1 Å². The van der Waals surface area contributed by atoms with Crippen molar-refractivity contribution < 1.29 is 33.3 Å². The monoisotopic (exact) mass is 506 g/mol. The number of fused-ring (bicyclic) bond motifs is 1. The van der Waals surface area contributed by atoms with Gasteiger partial charge in [-0.05, 0) is 19.1 Å². The van der Waals surface area contributed by atoms with E-state index in [0.717, 1.165) is 0 Å². The molecule has 1 aromatic heterocycles. The summed E-state index contributed by atoms with van der Waals surface area (Å²) in [5.74, 6) is -3.65. The summed E-state index contributed by atoms with van der Waals surface area (Å²) in [5, 5.41) is 7.74. The number of carbonyl (C=O) groups excluding carboxylic acids is 4. The summed E-state index contributed by atoms with van der Waals surface area (Å²) >= 11 is 8.41. The van der Waals surface area contributed by atoms with Gasteiger partial charge in [-0.2, -0.15) is 0 Å². The van der Waals surface area contributed by atoms with Crippen molar-refractivity contribution in [3.63, 3.8) is 0 Å². The smallest absolute Gasteiger partial charge is 0.379 e. The summed E-state index contributed by atoms with van der Waals surface area (Å²) in [4.78, 5) is 59.4. The summed E-state index contributed by atoms with van der Waals surface area (Å²) in [6.07, 6.45) is 0. The zero-order chi connectivity index (χ0) is 24.3. The lowest BCUT2D eigenvalue weighted by atomic mass is 10.0. The molecule has 1 saturated heterocycles. The van der Waals surface area contributed by atoms with Gasteiger partial charge >= 0.3 is 28.0 Å². The number of alkyl halides is 1. The molecule has 33 heavy (non-hydrogen) atoms. The fraction of sp³-hybridized carbons (Fsp3) is 0.294. The van der Waals surface area contributed by atoms with E-state index in [-0.39, 0.29) is 23.0 Å². The van der Waals surface area contributed by atoms with E-state index in [2.05, 4.69) is 31.3 Å². The van der Waals surface area contributed by atoms with Crippen LogP contribution in [0.25, 0.3) is 0 Å². The summed E-state index contributed by atoms with van der Waals surface area (Å²) in [7, 11) is 9.74. The quantitative estimate of drug-likeness (QED) is 0.0969. The molecule has 1 N–H and O–H groups in total. The number of oxime groups is 1. The molecule has 3 heterocycles. The number of nitrogens with one attached hydrogen (secondary N) is 1. The predicted octanol–water partition coefficient (Wildman–Crippen LogP) is -0.168. The van der Waals surface area contributed by atoms with Gasteiger partial charge in [-0.3, -0.25) is 14.5 Å². The van der Waals surface area contributed by atoms with Crippen molar-refractivity contribution in [2.75, 3.05) is 11.6 Å². The second-order valence-corrected chi connectivity index (χ2v) is 8.90. The number of rotatable bonds is 8. The minimum absolute atomic E-state index is 0.00258. The van der Waals surface area contributed by atoms with Crippen molar-refractivity contribution in [2.24, 2.45) is 5.16 Å². The molecule has 4 radical (unpaired) electrons. The number of thioether (sulfide) groups is 1. The molecular weight excluding hydrogens is 493 g/mol. The third-order valence-corrected chi connectivity index (χ3v) is 6.89. The van der Waals surface area contributed by atoms with Crippen molar-refractivity contribution in [3.8, 4) is 0 Å². The Morgan fingerprint density at radius 1 is 1.39 bits per heavy atom. The molecule has 0 saturated carbocycles. The number of β-lactam (4-membered cyclic amide) rings is 1. The van der Waals surface area contributed by atoms with Crippen molar-refractivity contribution in [1.82, 2.24) is 15.2 Å². The highest BCUT2D eigenvalue weighted by atomic mass is 35.5. The molecule has 1 fully saturated rings. The van der Waals surface area contributed by atoms with E-state index >= 15 is 0 Å². The van der Waals surface area contributed by atoms with E-state index in [0.29, 0.717) is 16.3 Å². The Kier molecular flexibility index (Phi) is 7.87. The largest absolute Gasteiger partial charge is 0.539 e. The normalized spacial score (nSPS) is 19.9. The molecule has 0 aliphatic carbocycles. The molecule has 2 aliphatic rings. The molecule has 3 rings (SSSR count). The molecule has 0 spiro atoms. The maximum absolute atomic E-state index is 13.0. The van der Waals surface area contributed by atoms with Gasteiger partial charge in [-0.15, -0.1) is 34.7 Å². The minimum atomic E-state index is -1.10. The lowest BCUT2D eigenvalue weighted by Crippen LogP contribution is -2.71. The van der Waals surface area contributed by atoms with Gasteiger partial charge < -0.3 is 19.5 Å². The Labute approximate surface area is 203 Å². The Morgan fingerprint density at radius 3 is 2.70 bits per heavy atom. The van der Waals surface area contributed by atoms with Crippen LogP contribution in [0, 0.1) is 6.92 Å². The number of amides is 2. The van der Waals surface area contributed by atoms with Gasteiger partial charge in [-0.1, -0.05) is 5.16 Å². The maximum atomic E-state index is 13.0. The third kappa shape index (κ3) is 4.94. The Balaban J connectivity index is 1.81. The predicted molar refractivity (Wildman–Crippen MR) is 120 cm³/mol. The van der Waals surface area contributed by atoms with E-state index in [1.165, 1.54) is 33.4 Å². The maximum Gasteiger partial charge on any atom is 0.379 e. The van der Waals surface area contributed by atoms with E-state index in [4.69, 9.17) is 32.5 Å². The molecule has 11 nitrogen and oxygen atoms in total. The molecule has 168 valence electrons. The highest BCUT2D eigenvalue weighted by molar-refractivity contribution is 8.00. The lowest BCUT2D eigenvalue weighted by Gasteiger charge is -2.49. The molecule has 16 heteroatoms. The van der Waals surface area contributed by atoms with Crippen LogP contribution < -0.4 is 5.32 Å². The summed E-state index contributed by atoms with van der Waals surface area (Å²) in [6.45, 7) is 5.00. The highest BCUT2D eigenvalue weighted by Crippen LogP contribution is 2.40. The fourth-order valence-electron chi connectivity index (χ4n) is 2.92. The first-order valence-electron chi connectivity index (χ1n) is 8.95. The number of thiazole rings is 1. The number of nitrogens with zero attached hydrogens (tertiary/aromatic N) is 3. The second kappa shape index (κ2) is 10.4. The number of hydrogen-bond acceptors (Lipinski definition) is 11. The van der Waals surface area contributed by atoms with Gasteiger partial charge in [0.15, 0.2) is 5.71 Å². The summed E-state index contributed by atoms with van der Waals surface area (Å²) in [6, 6.07) is -0.998. The number of carbonyl (C=O) groups is 4. The van der Waals surface area contributed by atoms with Gasteiger partial charge in [-0.25, -0.2) is 14.6 Å². The third-order valence-electron chi connectivity index (χ3n) is 4.45. The fourth-order valence-corrected chi connectivity index (χ4v) is 5.20. The summed E-state index contributed by atoms with van der Waals surface area (Å²) in [5.41, 5.74) is 0.248. The lowest BCUT2D eigenvalue weighted by molar-refractivity contribution is -0.149. The van der Waals surface area contributed by atoms with Crippen molar-refractivity contribution in [3.05, 3.63) is 39.7 Å². The van der Waals surface area contributed by atoms with Crippen LogP contribution in [0.3, 0.4) is 0 Å². The first-order chi connectivity index (χ1) is 15.7. The van der Waals surface area contributed by atoms with E-state index in [9.17, 15) is 19.2 Å². The molecular formula is C17H13B2ClN4O7S2. The Hall–Kier alpha value is -2.77. The van der Waals surface area contributed by atoms with Gasteiger partial charge in [0.05, 0.1) is 5.01 Å². The number of halogens is 1. The van der Waals surface area contributed by atoms with Gasteiger partial charge in [0.2, 0.25) is 5.76 Å². The molecule has 2 atom stereocenters. The van der Waals surface area contributed by atoms with Crippen molar-refractivity contribution >= 4 is 80.3 Å². The second-order valence-electron chi connectivity index (χ2n) is 6.46. The highest BCUT2D eigenvalue weighted by Gasteiger charge is 2.54. The van der Waals surface area contributed by atoms with Crippen LogP contribution in [-0.2, 0) is 33.3 Å². The molecule has 2 amide bonds. The topological polar surface area (TPSA) is 136 Å². The number of hydrogen-bond donors (Lipinski definition) is 1. The molecule has 0 aromatic carbocycles. The van der Waals surface area contributed by atoms with Gasteiger partial charge in [0.25, 0.3) is 11.8 Å². The Bertz CT molecular complexity index is 1090. The van der Waals surface area contributed by atoms with Crippen molar-refractivity contribution in [2.45, 2.75) is 18.3 Å². The van der Waals surface area contributed by atoms with Crippen LogP contribution in [0.4, 0.5) is 0 Å². The molecule has 1 aromatic rings. The minimum Gasteiger partial charge on any atom is -0.539 e. The van der Waals surface area contributed by atoms with Crippen LogP contribution in [0.5, 0.6) is 0 Å². The average Bonchev–Trinajstić information content (AvgIpc) is 3.25. The van der Waals surface area contributed by atoms with E-state index in [1.807, 2.05) is 0 Å². The van der Waals surface area contributed by atoms with E-state index < -0.39 is 40.9 Å². The number of aryl methyl sites for hydroxylation is 1. The molecule has 0 bridgehead atoms. The standard InChI is InChI=1S/C17H13B2ClN4O7S2/c1-6(16(27)29-18)31-23-10(9-5-32-7(2)21-9)13(25)22-11-14(26)24-12(17(28)30-19)8(3-20)4-33-15(11)24/h5,11,15H,1,3-4H2,2H3,(H,22,25)/b23-10+/t11-,15-/m1/s1. The number of aromatic nitrogens is 1. The van der Waals surface area contributed by atoms with Crippen LogP contribution in [0.1, 0.15) is 10.7 Å². The Morgan fingerprint density at radius 2 is 2.12 bits per heavy atom. The summed E-state index contributed by atoms with van der Waals surface area (Å²) < 4.78 is 8.25. The molecule has 2 aliphatic heterocycles. The first-order valence-corrected chi connectivity index (χ1v) is 11.4. The van der Waals surface area contributed by atoms with Crippen LogP contribution in [-0.4, -0.2) is 78.5 Å². The van der Waals surface area contributed by atoms with Gasteiger partial charge in [0.1, 0.15) is 22.8 Å². The first kappa shape index (κ1) is 24.9. The van der Waals surface area contributed by atoms with Crippen molar-refractivity contribution in [1.29, 1.82) is 0 Å². The van der Waals surface area contributed by atoms with E-state index in [1.54, 1.807) is 6.92 Å². The van der Waals surface area contributed by atoms with Crippen LogP contribution >= 0.6 is 34.7 Å².